The van der Waals surface area contributed by atoms with Gasteiger partial charge >= 0.3 is 0 Å². The Morgan fingerprint density at radius 2 is 1.77 bits per heavy atom. The molecule has 4 amide bonds. The second-order valence-corrected chi connectivity index (χ2v) is 7.00. The summed E-state index contributed by atoms with van der Waals surface area (Å²) in [6.45, 7) is 3.44. The highest BCUT2D eigenvalue weighted by molar-refractivity contribution is 6.26. The molecular formula is C20H25N3O7. The summed E-state index contributed by atoms with van der Waals surface area (Å²) in [7, 11) is 0. The van der Waals surface area contributed by atoms with Crippen LogP contribution in [0.15, 0.2) is 12.1 Å². The van der Waals surface area contributed by atoms with Crippen LogP contribution in [0.1, 0.15) is 39.1 Å². The summed E-state index contributed by atoms with van der Waals surface area (Å²) < 4.78 is 10.5. The van der Waals surface area contributed by atoms with Crippen molar-refractivity contribution >= 4 is 29.3 Å². The lowest BCUT2D eigenvalue weighted by Crippen LogP contribution is -2.54. The van der Waals surface area contributed by atoms with E-state index in [1.54, 1.807) is 19.1 Å². The fourth-order valence-corrected chi connectivity index (χ4v) is 3.54. The average molecular weight is 419 g/mol. The van der Waals surface area contributed by atoms with E-state index in [2.05, 4.69) is 10.6 Å². The lowest BCUT2D eigenvalue weighted by atomic mass is 10.0. The molecule has 3 N–H and O–H groups in total. The van der Waals surface area contributed by atoms with Crippen LogP contribution in [0.5, 0.6) is 0 Å². The molecule has 1 saturated heterocycles. The van der Waals surface area contributed by atoms with Gasteiger partial charge in [-0.2, -0.15) is 0 Å². The van der Waals surface area contributed by atoms with E-state index in [9.17, 15) is 19.2 Å². The quantitative estimate of drug-likeness (QED) is 0.352. The third-order valence-electron chi connectivity index (χ3n) is 4.97. The molecule has 2 heterocycles. The first-order valence-electron chi connectivity index (χ1n) is 9.81. The number of aliphatic hydroxyl groups excluding tert-OH is 1. The van der Waals surface area contributed by atoms with Crippen molar-refractivity contribution < 1.29 is 33.8 Å². The number of nitrogens with zero attached hydrogens (tertiary/aromatic N) is 1. The Kier molecular flexibility index (Phi) is 7.14. The number of aryl methyl sites for hydroxylation is 1. The molecule has 0 bridgehead atoms. The van der Waals surface area contributed by atoms with Crippen LogP contribution in [0.2, 0.25) is 0 Å². The monoisotopic (exact) mass is 419 g/mol. The lowest BCUT2D eigenvalue weighted by Gasteiger charge is -2.27. The molecule has 3 rings (SSSR count). The van der Waals surface area contributed by atoms with Gasteiger partial charge in [0, 0.05) is 18.7 Å². The minimum Gasteiger partial charge on any atom is -0.394 e. The molecule has 162 valence electrons. The second-order valence-electron chi connectivity index (χ2n) is 7.00. The number of piperidine rings is 1. The lowest BCUT2D eigenvalue weighted by molar-refractivity contribution is -0.136. The molecule has 1 aromatic carbocycles. The molecule has 10 nitrogen and oxygen atoms in total. The smallest absolute Gasteiger partial charge is 0.264 e. The van der Waals surface area contributed by atoms with Crippen LogP contribution in [-0.2, 0) is 19.1 Å². The number of ether oxygens (including phenoxy) is 2. The Labute approximate surface area is 173 Å². The summed E-state index contributed by atoms with van der Waals surface area (Å²) >= 11 is 0. The molecular weight excluding hydrogens is 394 g/mol. The summed E-state index contributed by atoms with van der Waals surface area (Å²) in [5, 5.41) is 13.9. The van der Waals surface area contributed by atoms with Gasteiger partial charge in [-0.25, -0.2) is 0 Å². The average Bonchev–Trinajstić information content (AvgIpc) is 2.97. The van der Waals surface area contributed by atoms with Crippen LogP contribution in [0.3, 0.4) is 0 Å². The van der Waals surface area contributed by atoms with Crippen molar-refractivity contribution in [3.05, 3.63) is 28.8 Å². The van der Waals surface area contributed by atoms with Gasteiger partial charge in [0.2, 0.25) is 11.8 Å². The van der Waals surface area contributed by atoms with E-state index in [0.29, 0.717) is 37.6 Å². The molecule has 0 saturated carbocycles. The molecule has 2 aliphatic heterocycles. The van der Waals surface area contributed by atoms with Gasteiger partial charge in [0.05, 0.1) is 44.2 Å². The maximum absolute atomic E-state index is 13.1. The Hall–Kier alpha value is -2.82. The number of anilines is 1. The number of benzene rings is 1. The standard InChI is InChI=1S/C20H25N3O7/c1-12-2-3-13(21-6-8-29-10-11-30-9-7-24)17-16(12)19(27)23(20(17)28)14-4-5-15(25)22-18(14)26/h2-3,14,21,24H,4-11H2,1H3,(H,22,25,26). The van der Waals surface area contributed by atoms with Gasteiger partial charge in [-0.3, -0.25) is 29.4 Å². The second kappa shape index (κ2) is 9.79. The number of aliphatic hydroxyl groups is 1. The minimum absolute atomic E-state index is 0.0390. The van der Waals surface area contributed by atoms with Gasteiger partial charge in [0.15, 0.2) is 0 Å². The molecule has 0 spiro atoms. The molecule has 1 aromatic rings. The normalized spacial score (nSPS) is 18.6. The molecule has 1 unspecified atom stereocenters. The zero-order chi connectivity index (χ0) is 21.7. The summed E-state index contributed by atoms with van der Waals surface area (Å²) in [5.41, 5.74) is 1.63. The summed E-state index contributed by atoms with van der Waals surface area (Å²) in [6, 6.07) is 2.46. The van der Waals surface area contributed by atoms with Gasteiger partial charge in [0.25, 0.3) is 11.8 Å². The van der Waals surface area contributed by atoms with E-state index in [0.717, 1.165) is 4.90 Å². The maximum atomic E-state index is 13.1. The first-order valence-corrected chi connectivity index (χ1v) is 9.81. The number of fused-ring (bicyclic) bond motifs is 1. The fourth-order valence-electron chi connectivity index (χ4n) is 3.54. The Morgan fingerprint density at radius 1 is 1.07 bits per heavy atom. The van der Waals surface area contributed by atoms with Crippen LogP contribution >= 0.6 is 0 Å². The number of hydrogen-bond acceptors (Lipinski definition) is 8. The summed E-state index contributed by atoms with van der Waals surface area (Å²) in [4.78, 5) is 50.6. The van der Waals surface area contributed by atoms with Gasteiger partial charge in [-0.15, -0.1) is 0 Å². The van der Waals surface area contributed by atoms with E-state index < -0.39 is 29.7 Å². The Balaban J connectivity index is 1.67. The van der Waals surface area contributed by atoms with Crippen LogP contribution in [0, 0.1) is 6.92 Å². The third-order valence-corrected chi connectivity index (χ3v) is 4.97. The molecule has 0 radical (unpaired) electrons. The SMILES string of the molecule is Cc1ccc(NCCOCCOCCO)c2c1C(=O)N(C1CCC(=O)NC1=O)C2=O. The van der Waals surface area contributed by atoms with Gasteiger partial charge in [-0.1, -0.05) is 6.07 Å². The minimum atomic E-state index is -0.996. The van der Waals surface area contributed by atoms with Crippen molar-refractivity contribution in [1.29, 1.82) is 0 Å². The number of rotatable bonds is 10. The van der Waals surface area contributed by atoms with Crippen molar-refractivity contribution in [3.8, 4) is 0 Å². The zero-order valence-corrected chi connectivity index (χ0v) is 16.7. The maximum Gasteiger partial charge on any atom is 0.264 e. The largest absolute Gasteiger partial charge is 0.394 e. The number of carbonyl (C=O) groups is 4. The summed E-state index contributed by atoms with van der Waals surface area (Å²) in [5.74, 6) is -2.12. The van der Waals surface area contributed by atoms with Crippen LogP contribution in [0.4, 0.5) is 5.69 Å². The molecule has 10 heteroatoms. The van der Waals surface area contributed by atoms with Crippen molar-refractivity contribution in [2.24, 2.45) is 0 Å². The number of amides is 4. The number of imide groups is 2. The van der Waals surface area contributed by atoms with Crippen molar-refractivity contribution in [2.45, 2.75) is 25.8 Å². The highest BCUT2D eigenvalue weighted by Gasteiger charge is 2.46. The van der Waals surface area contributed by atoms with Gasteiger partial charge < -0.3 is 19.9 Å². The van der Waals surface area contributed by atoms with Gasteiger partial charge in [0.1, 0.15) is 6.04 Å². The van der Waals surface area contributed by atoms with Crippen LogP contribution < -0.4 is 10.6 Å². The van der Waals surface area contributed by atoms with Crippen molar-refractivity contribution in [1.82, 2.24) is 10.2 Å². The first kappa shape index (κ1) is 21.9. The van der Waals surface area contributed by atoms with E-state index in [4.69, 9.17) is 14.6 Å². The Morgan fingerprint density at radius 3 is 2.47 bits per heavy atom. The topological polar surface area (TPSA) is 134 Å². The van der Waals surface area contributed by atoms with Gasteiger partial charge in [-0.05, 0) is 25.0 Å². The van der Waals surface area contributed by atoms with Crippen LogP contribution in [0.25, 0.3) is 0 Å². The number of hydrogen-bond donors (Lipinski definition) is 3. The molecule has 1 fully saturated rings. The highest BCUT2D eigenvalue weighted by Crippen LogP contribution is 2.34. The first-order chi connectivity index (χ1) is 14.5. The third kappa shape index (κ3) is 4.50. The van der Waals surface area contributed by atoms with E-state index in [1.165, 1.54) is 0 Å². The summed E-state index contributed by atoms with van der Waals surface area (Å²) in [6.07, 6.45) is 0.192. The van der Waals surface area contributed by atoms with E-state index in [-0.39, 0.29) is 37.2 Å². The van der Waals surface area contributed by atoms with Crippen LogP contribution in [-0.4, -0.2) is 79.3 Å². The predicted octanol–water partition coefficient (Wildman–Crippen LogP) is -0.166. The Bertz CT molecular complexity index is 855. The predicted molar refractivity (Wildman–Crippen MR) is 105 cm³/mol. The van der Waals surface area contributed by atoms with E-state index in [1.807, 2.05) is 0 Å². The molecule has 0 aromatic heterocycles. The number of nitrogens with one attached hydrogen (secondary N) is 2. The molecule has 0 aliphatic carbocycles. The molecule has 2 aliphatic rings. The van der Waals surface area contributed by atoms with Crippen molar-refractivity contribution in [3.63, 3.8) is 0 Å². The molecule has 1 atom stereocenters. The fraction of sp³-hybridized carbons (Fsp3) is 0.500. The van der Waals surface area contributed by atoms with Crippen molar-refractivity contribution in [2.75, 3.05) is 44.9 Å². The highest BCUT2D eigenvalue weighted by atomic mass is 16.5. The van der Waals surface area contributed by atoms with E-state index >= 15 is 0 Å². The number of carbonyl (C=O) groups excluding carboxylic acids is 4. The zero-order valence-electron chi connectivity index (χ0n) is 16.7. The molecule has 30 heavy (non-hydrogen) atoms.